The molecule has 1 rings (SSSR count). The van der Waals surface area contributed by atoms with Crippen molar-refractivity contribution in [1.29, 1.82) is 0 Å². The van der Waals surface area contributed by atoms with E-state index < -0.39 is 6.04 Å². The average Bonchev–Trinajstić information content (AvgIpc) is 2.42. The Hall–Kier alpha value is -1.52. The Kier molecular flexibility index (Phi) is 2.55. The lowest BCUT2D eigenvalue weighted by Crippen LogP contribution is -2.20. The molecule has 5 nitrogen and oxygen atoms in total. The van der Waals surface area contributed by atoms with Crippen molar-refractivity contribution >= 4 is 11.8 Å². The number of ether oxygens (including phenoxy) is 1. The number of aryl methyl sites for hydroxylation is 1. The van der Waals surface area contributed by atoms with Crippen LogP contribution in [0.1, 0.15) is 18.7 Å². The minimum absolute atomic E-state index is 0.352. The Bertz CT molecular complexity index is 319. The van der Waals surface area contributed by atoms with Crippen LogP contribution in [0.5, 0.6) is 0 Å². The second-order valence-corrected chi connectivity index (χ2v) is 2.85. The Labute approximate surface area is 76.5 Å². The predicted octanol–water partition coefficient (Wildman–Crippen LogP) is 0.508. The van der Waals surface area contributed by atoms with Crippen LogP contribution < -0.4 is 5.73 Å². The first-order valence-corrected chi connectivity index (χ1v) is 3.95. The van der Waals surface area contributed by atoms with E-state index in [1.807, 2.05) is 6.92 Å². The molecule has 0 aliphatic rings. The summed E-state index contributed by atoms with van der Waals surface area (Å²) in [7, 11) is 1.34. The van der Waals surface area contributed by atoms with Gasteiger partial charge in [0.2, 0.25) is 0 Å². The van der Waals surface area contributed by atoms with E-state index in [0.717, 1.165) is 5.69 Å². The standard InChI is InChI=1S/C8H13N3O2/c1-5-4-7(9)11(10-5)6(2)8(12)13-3/h4,6H,9H2,1-3H3/t6-/m1/s1. The number of aromatic nitrogens is 2. The highest BCUT2D eigenvalue weighted by Gasteiger charge is 2.18. The Balaban J connectivity index is 2.94. The number of nitrogens with two attached hydrogens (primary N) is 1. The van der Waals surface area contributed by atoms with Gasteiger partial charge in [-0.3, -0.25) is 0 Å². The fourth-order valence-electron chi connectivity index (χ4n) is 1.12. The van der Waals surface area contributed by atoms with Gasteiger partial charge in [-0.05, 0) is 13.8 Å². The van der Waals surface area contributed by atoms with Gasteiger partial charge in [0.25, 0.3) is 0 Å². The van der Waals surface area contributed by atoms with E-state index in [1.54, 1.807) is 13.0 Å². The van der Waals surface area contributed by atoms with Gasteiger partial charge in [-0.15, -0.1) is 0 Å². The molecule has 0 bridgehead atoms. The summed E-state index contributed by atoms with van der Waals surface area (Å²) in [6.07, 6.45) is 0. The number of rotatable bonds is 2. The van der Waals surface area contributed by atoms with Crippen LogP contribution in [-0.4, -0.2) is 22.9 Å². The SMILES string of the molecule is COC(=O)[C@@H](C)n1nc(C)cc1N. The highest BCUT2D eigenvalue weighted by atomic mass is 16.5. The first-order chi connectivity index (χ1) is 6.06. The number of methoxy groups -OCH3 is 1. The van der Waals surface area contributed by atoms with Gasteiger partial charge in [0, 0.05) is 6.07 Å². The molecule has 0 radical (unpaired) electrons. The highest BCUT2D eigenvalue weighted by Crippen LogP contribution is 2.13. The Morgan fingerprint density at radius 3 is 2.77 bits per heavy atom. The van der Waals surface area contributed by atoms with Crippen LogP contribution in [0.25, 0.3) is 0 Å². The summed E-state index contributed by atoms with van der Waals surface area (Å²) in [5.74, 6) is 0.116. The van der Waals surface area contributed by atoms with Crippen LogP contribution in [0.3, 0.4) is 0 Å². The van der Waals surface area contributed by atoms with Gasteiger partial charge in [0.05, 0.1) is 12.8 Å². The highest BCUT2D eigenvalue weighted by molar-refractivity contribution is 5.74. The van der Waals surface area contributed by atoms with Crippen LogP contribution in [-0.2, 0) is 9.53 Å². The molecular weight excluding hydrogens is 170 g/mol. The number of nitrogens with zero attached hydrogens (tertiary/aromatic N) is 2. The topological polar surface area (TPSA) is 70.1 Å². The summed E-state index contributed by atoms with van der Waals surface area (Å²) in [6, 6.07) is 1.23. The second kappa shape index (κ2) is 3.47. The Morgan fingerprint density at radius 2 is 2.38 bits per heavy atom. The summed E-state index contributed by atoms with van der Waals surface area (Å²) in [5, 5.41) is 4.07. The van der Waals surface area contributed by atoms with Crippen molar-refractivity contribution in [3.8, 4) is 0 Å². The van der Waals surface area contributed by atoms with Gasteiger partial charge in [-0.25, -0.2) is 9.48 Å². The summed E-state index contributed by atoms with van der Waals surface area (Å²) >= 11 is 0. The zero-order valence-corrected chi connectivity index (χ0v) is 7.94. The fourth-order valence-corrected chi connectivity index (χ4v) is 1.12. The molecule has 0 spiro atoms. The molecule has 1 heterocycles. The van der Waals surface area contributed by atoms with Crippen molar-refractivity contribution in [3.63, 3.8) is 0 Å². The van der Waals surface area contributed by atoms with E-state index in [1.165, 1.54) is 11.8 Å². The molecule has 13 heavy (non-hydrogen) atoms. The number of hydrogen-bond acceptors (Lipinski definition) is 4. The molecule has 0 saturated carbocycles. The smallest absolute Gasteiger partial charge is 0.330 e. The molecule has 72 valence electrons. The molecule has 0 aliphatic carbocycles. The van der Waals surface area contributed by atoms with E-state index >= 15 is 0 Å². The lowest BCUT2D eigenvalue weighted by molar-refractivity contribution is -0.144. The number of esters is 1. The third-order valence-electron chi connectivity index (χ3n) is 1.80. The van der Waals surface area contributed by atoms with Crippen molar-refractivity contribution in [2.75, 3.05) is 12.8 Å². The van der Waals surface area contributed by atoms with Crippen LogP contribution in [0.15, 0.2) is 6.07 Å². The van der Waals surface area contributed by atoms with Gasteiger partial charge in [0.1, 0.15) is 11.9 Å². The van der Waals surface area contributed by atoms with E-state index in [-0.39, 0.29) is 5.97 Å². The Morgan fingerprint density at radius 1 is 1.77 bits per heavy atom. The first kappa shape index (κ1) is 9.57. The second-order valence-electron chi connectivity index (χ2n) is 2.85. The van der Waals surface area contributed by atoms with Gasteiger partial charge in [-0.1, -0.05) is 0 Å². The third kappa shape index (κ3) is 1.80. The van der Waals surface area contributed by atoms with Gasteiger partial charge >= 0.3 is 5.97 Å². The molecule has 0 fully saturated rings. The van der Waals surface area contributed by atoms with E-state index in [4.69, 9.17) is 5.73 Å². The van der Waals surface area contributed by atoms with Crippen LogP contribution >= 0.6 is 0 Å². The molecule has 0 aliphatic heterocycles. The fraction of sp³-hybridized carbons (Fsp3) is 0.500. The van der Waals surface area contributed by atoms with Crippen molar-refractivity contribution in [2.24, 2.45) is 0 Å². The minimum Gasteiger partial charge on any atom is -0.467 e. The predicted molar refractivity (Wildman–Crippen MR) is 48.1 cm³/mol. The third-order valence-corrected chi connectivity index (χ3v) is 1.80. The maximum Gasteiger partial charge on any atom is 0.330 e. The molecule has 2 N–H and O–H groups in total. The van der Waals surface area contributed by atoms with Crippen LogP contribution in [0, 0.1) is 6.92 Å². The first-order valence-electron chi connectivity index (χ1n) is 3.95. The van der Waals surface area contributed by atoms with E-state index in [2.05, 4.69) is 9.84 Å². The van der Waals surface area contributed by atoms with Crippen LogP contribution in [0.4, 0.5) is 5.82 Å². The number of hydrogen-bond donors (Lipinski definition) is 1. The molecule has 0 aromatic carbocycles. The summed E-state index contributed by atoms with van der Waals surface area (Å²) < 4.78 is 6.02. The molecule has 5 heteroatoms. The number of carbonyl (C=O) groups excluding carboxylic acids is 1. The maximum absolute atomic E-state index is 11.1. The minimum atomic E-state index is -0.473. The molecular formula is C8H13N3O2. The molecule has 1 aromatic heterocycles. The van der Waals surface area contributed by atoms with Gasteiger partial charge < -0.3 is 10.5 Å². The van der Waals surface area contributed by atoms with Gasteiger partial charge in [-0.2, -0.15) is 5.10 Å². The average molecular weight is 183 g/mol. The normalized spacial score (nSPS) is 12.5. The lowest BCUT2D eigenvalue weighted by Gasteiger charge is -2.10. The molecule has 0 amide bonds. The van der Waals surface area contributed by atoms with E-state index in [0.29, 0.717) is 5.82 Å². The summed E-state index contributed by atoms with van der Waals surface area (Å²) in [4.78, 5) is 11.1. The summed E-state index contributed by atoms with van der Waals surface area (Å²) in [6.45, 7) is 3.51. The lowest BCUT2D eigenvalue weighted by atomic mass is 10.3. The summed E-state index contributed by atoms with van der Waals surface area (Å²) in [5.41, 5.74) is 6.41. The molecule has 0 saturated heterocycles. The molecule has 1 aromatic rings. The van der Waals surface area contributed by atoms with E-state index in [9.17, 15) is 4.79 Å². The van der Waals surface area contributed by atoms with Crippen LogP contribution in [0.2, 0.25) is 0 Å². The van der Waals surface area contributed by atoms with Crippen molar-refractivity contribution in [3.05, 3.63) is 11.8 Å². The number of anilines is 1. The van der Waals surface area contributed by atoms with Crippen molar-refractivity contribution < 1.29 is 9.53 Å². The quantitative estimate of drug-likeness (QED) is 0.678. The largest absolute Gasteiger partial charge is 0.467 e. The van der Waals surface area contributed by atoms with Crippen molar-refractivity contribution in [1.82, 2.24) is 9.78 Å². The number of nitrogen functional groups attached to an aromatic ring is 1. The van der Waals surface area contributed by atoms with Crippen molar-refractivity contribution in [2.45, 2.75) is 19.9 Å². The monoisotopic (exact) mass is 183 g/mol. The zero-order valence-electron chi connectivity index (χ0n) is 7.94. The van der Waals surface area contributed by atoms with Gasteiger partial charge in [0.15, 0.2) is 0 Å². The maximum atomic E-state index is 11.1. The zero-order chi connectivity index (χ0) is 10.0. The molecule has 0 unspecified atom stereocenters. The molecule has 1 atom stereocenters. The number of carbonyl (C=O) groups is 1.